The largest absolute Gasteiger partial charge is 0.466 e. The number of amides is 1. The van der Waals surface area contributed by atoms with Gasteiger partial charge in [-0.2, -0.15) is 0 Å². The molecule has 0 saturated carbocycles. The number of esters is 1. The lowest BCUT2D eigenvalue weighted by Gasteiger charge is -2.37. The van der Waals surface area contributed by atoms with Crippen LogP contribution in [0.25, 0.3) is 0 Å². The molecule has 1 amide bonds. The van der Waals surface area contributed by atoms with E-state index in [2.05, 4.69) is 0 Å². The molecule has 0 aromatic rings. The summed E-state index contributed by atoms with van der Waals surface area (Å²) in [5, 5.41) is 0. The summed E-state index contributed by atoms with van der Waals surface area (Å²) in [6.45, 7) is 4.34. The van der Waals surface area contributed by atoms with Crippen LogP contribution in [-0.2, 0) is 19.1 Å². The Morgan fingerprint density at radius 2 is 2.00 bits per heavy atom. The molecule has 1 heterocycles. The Labute approximate surface area is 111 Å². The van der Waals surface area contributed by atoms with Gasteiger partial charge in [-0.05, 0) is 26.0 Å². The fraction of sp³-hybridized carbons (Fsp3) is 0.500. The third-order valence-electron chi connectivity index (χ3n) is 3.62. The summed E-state index contributed by atoms with van der Waals surface area (Å²) in [7, 11) is 0. The van der Waals surface area contributed by atoms with Gasteiger partial charge in [-0.25, -0.2) is 0 Å². The smallest absolute Gasteiger partial charge is 0.312 e. The molecule has 2 aliphatic rings. The molecule has 102 valence electrons. The first-order valence-electron chi connectivity index (χ1n) is 6.44. The van der Waals surface area contributed by atoms with Crippen LogP contribution in [0.15, 0.2) is 24.3 Å². The lowest BCUT2D eigenvalue weighted by Crippen LogP contribution is -2.49. The van der Waals surface area contributed by atoms with Crippen molar-refractivity contribution in [1.82, 2.24) is 4.90 Å². The maximum atomic E-state index is 12.1. The lowest BCUT2D eigenvalue weighted by molar-refractivity contribution is -0.149. The molecule has 1 unspecified atom stereocenters. The number of ether oxygens (including phenoxy) is 1. The Hall–Kier alpha value is -1.91. The lowest BCUT2D eigenvalue weighted by atomic mass is 9.81. The highest BCUT2D eigenvalue weighted by Gasteiger charge is 2.53. The third-order valence-corrected chi connectivity index (χ3v) is 3.62. The number of nitrogens with zero attached hydrogens (tertiary/aromatic N) is 1. The molecule has 1 spiro atoms. The molecule has 1 aliphatic carbocycles. The standard InChI is InChI=1S/C14H17NO4/c1-3-15-12(17)9-11(13(18)19-4-2)14(15)7-5-10(16)6-8-14/h5-8,11H,3-4,9H2,1-2H3. The van der Waals surface area contributed by atoms with Crippen molar-refractivity contribution in [3.05, 3.63) is 24.3 Å². The van der Waals surface area contributed by atoms with Gasteiger partial charge in [0.05, 0.1) is 18.1 Å². The first kappa shape index (κ1) is 13.5. The van der Waals surface area contributed by atoms with Gasteiger partial charge in [-0.3, -0.25) is 14.4 Å². The van der Waals surface area contributed by atoms with E-state index in [1.165, 1.54) is 12.2 Å². The second kappa shape index (κ2) is 4.99. The fourth-order valence-electron chi connectivity index (χ4n) is 2.77. The number of carbonyl (C=O) groups excluding carboxylic acids is 3. The average Bonchev–Trinajstić information content (AvgIpc) is 2.66. The van der Waals surface area contributed by atoms with E-state index in [-0.39, 0.29) is 24.7 Å². The van der Waals surface area contributed by atoms with Gasteiger partial charge in [0.2, 0.25) is 5.91 Å². The Morgan fingerprint density at radius 1 is 1.37 bits per heavy atom. The van der Waals surface area contributed by atoms with Crippen molar-refractivity contribution in [2.75, 3.05) is 13.2 Å². The van der Waals surface area contributed by atoms with Crippen LogP contribution in [0.4, 0.5) is 0 Å². The van der Waals surface area contributed by atoms with Crippen molar-refractivity contribution in [2.24, 2.45) is 5.92 Å². The van der Waals surface area contributed by atoms with Gasteiger partial charge in [0, 0.05) is 13.0 Å². The fourth-order valence-corrected chi connectivity index (χ4v) is 2.77. The van der Waals surface area contributed by atoms with Crippen LogP contribution in [0.3, 0.4) is 0 Å². The maximum Gasteiger partial charge on any atom is 0.312 e. The van der Waals surface area contributed by atoms with Gasteiger partial charge in [0.15, 0.2) is 5.78 Å². The van der Waals surface area contributed by atoms with Crippen LogP contribution in [0.5, 0.6) is 0 Å². The van der Waals surface area contributed by atoms with E-state index in [9.17, 15) is 14.4 Å². The minimum Gasteiger partial charge on any atom is -0.466 e. The Bertz CT molecular complexity index is 462. The van der Waals surface area contributed by atoms with Crippen LogP contribution >= 0.6 is 0 Å². The zero-order valence-electron chi connectivity index (χ0n) is 11.1. The summed E-state index contributed by atoms with van der Waals surface area (Å²) in [4.78, 5) is 37.0. The number of likely N-dealkylation sites (tertiary alicyclic amines) is 1. The van der Waals surface area contributed by atoms with Gasteiger partial charge in [0.25, 0.3) is 0 Å². The zero-order valence-corrected chi connectivity index (χ0v) is 11.1. The molecule has 1 atom stereocenters. The summed E-state index contributed by atoms with van der Waals surface area (Å²) >= 11 is 0. The normalized spacial score (nSPS) is 24.3. The number of hydrogen-bond acceptors (Lipinski definition) is 4. The average molecular weight is 263 g/mol. The molecule has 0 bridgehead atoms. The van der Waals surface area contributed by atoms with E-state index in [0.29, 0.717) is 6.54 Å². The molecule has 1 aliphatic heterocycles. The molecule has 5 heteroatoms. The third kappa shape index (κ3) is 2.09. The number of allylic oxidation sites excluding steroid dienone is 2. The topological polar surface area (TPSA) is 63.7 Å². The van der Waals surface area contributed by atoms with E-state index in [0.717, 1.165) is 0 Å². The molecular weight excluding hydrogens is 246 g/mol. The minimum atomic E-state index is -0.841. The molecule has 2 rings (SSSR count). The molecular formula is C14H17NO4. The van der Waals surface area contributed by atoms with Crippen molar-refractivity contribution in [2.45, 2.75) is 25.8 Å². The molecule has 1 fully saturated rings. The highest BCUT2D eigenvalue weighted by atomic mass is 16.5. The molecule has 0 aromatic carbocycles. The van der Waals surface area contributed by atoms with E-state index in [1.807, 2.05) is 6.92 Å². The number of rotatable bonds is 3. The van der Waals surface area contributed by atoms with Crippen molar-refractivity contribution < 1.29 is 19.1 Å². The Morgan fingerprint density at radius 3 is 2.53 bits per heavy atom. The van der Waals surface area contributed by atoms with E-state index in [4.69, 9.17) is 4.74 Å². The second-order valence-corrected chi connectivity index (χ2v) is 4.60. The molecule has 19 heavy (non-hydrogen) atoms. The zero-order chi connectivity index (χ0) is 14.0. The number of hydrogen-bond donors (Lipinski definition) is 0. The predicted molar refractivity (Wildman–Crippen MR) is 68.1 cm³/mol. The van der Waals surface area contributed by atoms with Gasteiger partial charge in [-0.15, -0.1) is 0 Å². The highest BCUT2D eigenvalue weighted by Crippen LogP contribution is 2.40. The summed E-state index contributed by atoms with van der Waals surface area (Å²) in [6.07, 6.45) is 6.23. The van der Waals surface area contributed by atoms with Crippen molar-refractivity contribution in [3.8, 4) is 0 Å². The molecule has 0 N–H and O–H groups in total. The first-order chi connectivity index (χ1) is 9.05. The molecule has 5 nitrogen and oxygen atoms in total. The highest BCUT2D eigenvalue weighted by molar-refractivity contribution is 6.02. The van der Waals surface area contributed by atoms with Crippen LogP contribution < -0.4 is 0 Å². The number of carbonyl (C=O) groups is 3. The van der Waals surface area contributed by atoms with E-state index in [1.54, 1.807) is 24.0 Å². The van der Waals surface area contributed by atoms with Gasteiger partial charge in [0.1, 0.15) is 0 Å². The predicted octanol–water partition coefficient (Wildman–Crippen LogP) is 0.852. The second-order valence-electron chi connectivity index (χ2n) is 4.60. The Balaban J connectivity index is 2.41. The van der Waals surface area contributed by atoms with Crippen molar-refractivity contribution >= 4 is 17.7 Å². The molecule has 0 radical (unpaired) electrons. The van der Waals surface area contributed by atoms with Crippen LogP contribution in [0.1, 0.15) is 20.3 Å². The minimum absolute atomic E-state index is 0.0933. The van der Waals surface area contributed by atoms with Gasteiger partial charge in [-0.1, -0.05) is 12.2 Å². The summed E-state index contributed by atoms with van der Waals surface area (Å²) in [5.74, 6) is -1.20. The van der Waals surface area contributed by atoms with Crippen LogP contribution in [0, 0.1) is 5.92 Å². The first-order valence-corrected chi connectivity index (χ1v) is 6.44. The maximum absolute atomic E-state index is 12.1. The monoisotopic (exact) mass is 263 g/mol. The summed E-state index contributed by atoms with van der Waals surface area (Å²) < 4.78 is 5.05. The van der Waals surface area contributed by atoms with E-state index < -0.39 is 17.4 Å². The van der Waals surface area contributed by atoms with E-state index >= 15 is 0 Å². The number of ketones is 1. The number of likely N-dealkylation sites (N-methyl/N-ethyl adjacent to an activating group) is 1. The Kier molecular flexibility index (Phi) is 3.55. The van der Waals surface area contributed by atoms with Crippen LogP contribution in [0.2, 0.25) is 0 Å². The van der Waals surface area contributed by atoms with Gasteiger partial charge < -0.3 is 9.64 Å². The molecule has 1 saturated heterocycles. The SMILES string of the molecule is CCOC(=O)C1CC(=O)N(CC)C12C=CC(=O)C=C2. The van der Waals surface area contributed by atoms with Crippen LogP contribution in [-0.4, -0.2) is 41.3 Å². The molecule has 0 aromatic heterocycles. The summed E-state index contributed by atoms with van der Waals surface area (Å²) in [5.41, 5.74) is -0.841. The van der Waals surface area contributed by atoms with Crippen molar-refractivity contribution in [3.63, 3.8) is 0 Å². The van der Waals surface area contributed by atoms with Crippen molar-refractivity contribution in [1.29, 1.82) is 0 Å². The quantitative estimate of drug-likeness (QED) is 0.708. The van der Waals surface area contributed by atoms with Gasteiger partial charge >= 0.3 is 5.97 Å². The summed E-state index contributed by atoms with van der Waals surface area (Å²) in [6, 6.07) is 0.